The predicted molar refractivity (Wildman–Crippen MR) is 74.4 cm³/mol. The van der Waals surface area contributed by atoms with E-state index in [1.54, 1.807) is 36.4 Å². The van der Waals surface area contributed by atoms with Crippen LogP contribution in [0, 0.1) is 0 Å². The van der Waals surface area contributed by atoms with Crippen LogP contribution in [0.25, 0.3) is 10.9 Å². The second kappa shape index (κ2) is 4.53. The maximum atomic E-state index is 12.2. The van der Waals surface area contributed by atoms with Crippen LogP contribution in [-0.2, 0) is 10.0 Å². The Kier molecular flexibility index (Phi) is 2.83. The number of nitrogens with zero attached hydrogens (tertiary/aromatic N) is 2. The molecule has 0 saturated heterocycles. The highest BCUT2D eigenvalue weighted by atomic mass is 32.2. The predicted octanol–water partition coefficient (Wildman–Crippen LogP) is 1.67. The highest BCUT2D eigenvalue weighted by Crippen LogP contribution is 2.23. The Labute approximate surface area is 115 Å². The zero-order valence-electron chi connectivity index (χ0n) is 10.3. The van der Waals surface area contributed by atoms with Gasteiger partial charge in [0.1, 0.15) is 0 Å². The molecule has 1 aromatic carbocycles. The zero-order valence-corrected chi connectivity index (χ0v) is 11.1. The van der Waals surface area contributed by atoms with Gasteiger partial charge in [-0.1, -0.05) is 24.3 Å². The third kappa shape index (κ3) is 2.08. The molecular weight excluding hydrogens is 278 g/mol. The van der Waals surface area contributed by atoms with Crippen molar-refractivity contribution < 1.29 is 13.5 Å². The Hall–Kier alpha value is -2.54. The molecule has 0 saturated carbocycles. The first-order valence-electron chi connectivity index (χ1n) is 5.81. The molecular formula is C13H11N3O3S. The fourth-order valence-corrected chi connectivity index (χ4v) is 2.89. The molecule has 0 amide bonds. The van der Waals surface area contributed by atoms with E-state index in [9.17, 15) is 13.5 Å². The molecule has 2 N–H and O–H groups in total. The molecule has 0 fully saturated rings. The molecule has 0 aliphatic heterocycles. The Bertz CT molecular complexity index is 857. The first-order valence-corrected chi connectivity index (χ1v) is 7.29. The van der Waals surface area contributed by atoms with E-state index in [1.165, 1.54) is 18.3 Å². The summed E-state index contributed by atoms with van der Waals surface area (Å²) in [6.07, 6.45) is 1.39. The molecule has 7 heteroatoms. The summed E-state index contributed by atoms with van der Waals surface area (Å²) < 4.78 is 25.5. The SMILES string of the molecule is O=S(=O)(Nn1c(O)cc2ccccc21)c1ccccn1. The van der Waals surface area contributed by atoms with Crippen molar-refractivity contribution in [2.45, 2.75) is 5.03 Å². The van der Waals surface area contributed by atoms with Crippen molar-refractivity contribution in [2.24, 2.45) is 0 Å². The number of para-hydroxylation sites is 1. The Morgan fingerprint density at radius 2 is 1.85 bits per heavy atom. The number of aromatic nitrogens is 2. The molecule has 2 heterocycles. The molecule has 0 spiro atoms. The molecule has 0 aliphatic carbocycles. The fourth-order valence-electron chi connectivity index (χ4n) is 1.91. The average molecular weight is 289 g/mol. The van der Waals surface area contributed by atoms with E-state index < -0.39 is 10.0 Å². The van der Waals surface area contributed by atoms with Crippen LogP contribution in [0.1, 0.15) is 0 Å². The lowest BCUT2D eigenvalue weighted by Gasteiger charge is -2.10. The summed E-state index contributed by atoms with van der Waals surface area (Å²) in [6.45, 7) is 0. The first-order chi connectivity index (χ1) is 9.58. The van der Waals surface area contributed by atoms with Crippen LogP contribution < -0.4 is 4.83 Å². The summed E-state index contributed by atoms with van der Waals surface area (Å²) in [5.41, 5.74) is 0.560. The van der Waals surface area contributed by atoms with Crippen molar-refractivity contribution in [1.29, 1.82) is 0 Å². The average Bonchev–Trinajstić information content (AvgIpc) is 2.76. The van der Waals surface area contributed by atoms with Crippen LogP contribution >= 0.6 is 0 Å². The second-order valence-corrected chi connectivity index (χ2v) is 5.77. The standard InChI is InChI=1S/C13H11N3O3S/c17-13-9-10-5-1-2-6-11(10)16(13)15-20(18,19)12-7-3-4-8-14-12/h1-9,15,17H. The van der Waals surface area contributed by atoms with E-state index in [0.717, 1.165) is 10.1 Å². The van der Waals surface area contributed by atoms with Gasteiger partial charge in [-0.25, -0.2) is 14.5 Å². The number of aromatic hydroxyl groups is 1. The number of fused-ring (bicyclic) bond motifs is 1. The van der Waals surface area contributed by atoms with Crippen molar-refractivity contribution in [3.63, 3.8) is 0 Å². The summed E-state index contributed by atoms with van der Waals surface area (Å²) in [4.78, 5) is 6.10. The summed E-state index contributed by atoms with van der Waals surface area (Å²) in [6, 6.07) is 13.1. The summed E-state index contributed by atoms with van der Waals surface area (Å²) in [7, 11) is -3.86. The number of hydrogen-bond acceptors (Lipinski definition) is 4. The van der Waals surface area contributed by atoms with Gasteiger partial charge in [-0.15, -0.1) is 0 Å². The molecule has 0 unspecified atom stereocenters. The highest BCUT2D eigenvalue weighted by molar-refractivity contribution is 7.92. The van der Waals surface area contributed by atoms with E-state index in [1.807, 2.05) is 0 Å². The van der Waals surface area contributed by atoms with E-state index >= 15 is 0 Å². The highest BCUT2D eigenvalue weighted by Gasteiger charge is 2.18. The van der Waals surface area contributed by atoms with Crippen LogP contribution in [0.4, 0.5) is 0 Å². The molecule has 0 atom stereocenters. The van der Waals surface area contributed by atoms with E-state index in [4.69, 9.17) is 0 Å². The van der Waals surface area contributed by atoms with Crippen LogP contribution in [0.5, 0.6) is 5.88 Å². The van der Waals surface area contributed by atoms with E-state index in [2.05, 4.69) is 9.82 Å². The third-order valence-corrected chi connectivity index (χ3v) is 4.03. The van der Waals surface area contributed by atoms with Gasteiger partial charge in [0.05, 0.1) is 5.52 Å². The smallest absolute Gasteiger partial charge is 0.292 e. The minimum Gasteiger partial charge on any atom is -0.493 e. The maximum absolute atomic E-state index is 12.2. The second-order valence-electron chi connectivity index (χ2n) is 4.16. The van der Waals surface area contributed by atoms with Crippen molar-refractivity contribution in [3.05, 3.63) is 54.7 Å². The lowest BCUT2D eigenvalue weighted by molar-refractivity contribution is 0.439. The summed E-state index contributed by atoms with van der Waals surface area (Å²) >= 11 is 0. The van der Waals surface area contributed by atoms with Gasteiger partial charge in [-0.3, -0.25) is 0 Å². The van der Waals surface area contributed by atoms with Gasteiger partial charge in [0.25, 0.3) is 10.0 Å². The monoisotopic (exact) mass is 289 g/mol. The maximum Gasteiger partial charge on any atom is 0.292 e. The number of nitrogens with one attached hydrogen (secondary N) is 1. The fraction of sp³-hybridized carbons (Fsp3) is 0. The minimum absolute atomic E-state index is 0.114. The number of benzene rings is 1. The van der Waals surface area contributed by atoms with Crippen LogP contribution in [-0.4, -0.2) is 23.2 Å². The van der Waals surface area contributed by atoms with Crippen molar-refractivity contribution in [1.82, 2.24) is 9.66 Å². The summed E-state index contributed by atoms with van der Waals surface area (Å²) in [5.74, 6) is -0.189. The minimum atomic E-state index is -3.86. The third-order valence-electron chi connectivity index (χ3n) is 2.82. The van der Waals surface area contributed by atoms with Gasteiger partial charge < -0.3 is 5.11 Å². The van der Waals surface area contributed by atoms with Crippen LogP contribution in [0.2, 0.25) is 0 Å². The van der Waals surface area contributed by atoms with Gasteiger partial charge in [0.15, 0.2) is 5.03 Å². The largest absolute Gasteiger partial charge is 0.493 e. The molecule has 0 radical (unpaired) electrons. The van der Waals surface area contributed by atoms with Gasteiger partial charge in [0.2, 0.25) is 5.88 Å². The van der Waals surface area contributed by atoms with Crippen LogP contribution in [0.3, 0.4) is 0 Å². The number of rotatable bonds is 3. The number of sulfonamides is 1. The molecule has 3 rings (SSSR count). The van der Waals surface area contributed by atoms with Gasteiger partial charge in [0, 0.05) is 17.6 Å². The van der Waals surface area contributed by atoms with Gasteiger partial charge in [-0.05, 0) is 18.2 Å². The zero-order chi connectivity index (χ0) is 14.2. The van der Waals surface area contributed by atoms with Crippen molar-refractivity contribution >= 4 is 20.9 Å². The molecule has 0 aliphatic rings. The Morgan fingerprint density at radius 1 is 1.10 bits per heavy atom. The quantitative estimate of drug-likeness (QED) is 0.768. The summed E-state index contributed by atoms with van der Waals surface area (Å²) in [5, 5.41) is 10.5. The molecule has 0 bridgehead atoms. The molecule has 6 nitrogen and oxygen atoms in total. The first kappa shape index (κ1) is 12.5. The lowest BCUT2D eigenvalue weighted by Crippen LogP contribution is -2.23. The molecule has 102 valence electrons. The van der Waals surface area contributed by atoms with E-state index in [-0.39, 0.29) is 10.9 Å². The Balaban J connectivity index is 2.08. The van der Waals surface area contributed by atoms with E-state index in [0.29, 0.717) is 5.52 Å². The van der Waals surface area contributed by atoms with Crippen LogP contribution in [0.15, 0.2) is 59.8 Å². The molecule has 2 aromatic heterocycles. The van der Waals surface area contributed by atoms with Crippen molar-refractivity contribution in [3.8, 4) is 5.88 Å². The number of pyridine rings is 1. The normalized spacial score (nSPS) is 11.6. The topological polar surface area (TPSA) is 84.2 Å². The molecule has 3 aromatic rings. The van der Waals surface area contributed by atoms with Gasteiger partial charge in [-0.2, -0.15) is 8.42 Å². The van der Waals surface area contributed by atoms with Gasteiger partial charge >= 0.3 is 0 Å². The van der Waals surface area contributed by atoms with Crippen molar-refractivity contribution in [2.75, 3.05) is 4.83 Å². The molecule has 20 heavy (non-hydrogen) atoms. The number of hydrogen-bond donors (Lipinski definition) is 2. The Morgan fingerprint density at radius 3 is 2.60 bits per heavy atom. The lowest BCUT2D eigenvalue weighted by atomic mass is 10.3.